The molecule has 3 nitrogen and oxygen atoms in total. The molecule has 0 aliphatic carbocycles. The van der Waals surface area contributed by atoms with Crippen LogP contribution in [0.4, 0.5) is 0 Å². The number of nitrogens with zero attached hydrogens (tertiary/aromatic N) is 2. The summed E-state index contributed by atoms with van der Waals surface area (Å²) in [7, 11) is -1.28. The Hall–Kier alpha value is -4.15. The number of furan rings is 1. The molecule has 0 saturated carbocycles. The molecule has 0 bridgehead atoms. The van der Waals surface area contributed by atoms with Crippen molar-refractivity contribution in [2.45, 2.75) is 53.3 Å². The zero-order chi connectivity index (χ0) is 33.0. The Morgan fingerprint density at radius 3 is 2.17 bits per heavy atom. The first-order chi connectivity index (χ1) is 22.5. The van der Waals surface area contributed by atoms with E-state index in [-0.39, 0.29) is 25.5 Å². The summed E-state index contributed by atoms with van der Waals surface area (Å²) in [6.45, 7) is 13.8. The van der Waals surface area contributed by atoms with Crippen molar-refractivity contribution >= 4 is 35.2 Å². The van der Waals surface area contributed by atoms with Crippen LogP contribution in [0.25, 0.3) is 44.5 Å². The third-order valence-corrected chi connectivity index (χ3v) is 10.2. The monoisotopic (exact) mass is 823 g/mol. The summed E-state index contributed by atoms with van der Waals surface area (Å²) in [4.78, 5) is 9.20. The first-order valence-corrected chi connectivity index (χ1v) is 19.8. The average Bonchev–Trinajstić information content (AvgIpc) is 3.44. The SMILES string of the molecule is CC(C)(C)Cc1ccnc(-c2[c-]ccc3c2oc2ccccc23)c1.C[Si](C)(C)c1ccc(-c2[c-]cc(Cc3ccccc3)cc2)nc1.[Ir]. The largest absolute Gasteiger partial charge is 0.501 e. The predicted molar refractivity (Wildman–Crippen MR) is 200 cm³/mol. The summed E-state index contributed by atoms with van der Waals surface area (Å²) in [5.41, 5.74) is 9.80. The molecular formula is C43H42IrN2OSi-2. The van der Waals surface area contributed by atoms with Gasteiger partial charge in [-0.05, 0) is 47.0 Å². The minimum absolute atomic E-state index is 0. The summed E-state index contributed by atoms with van der Waals surface area (Å²) in [5, 5.41) is 3.64. The van der Waals surface area contributed by atoms with Crippen LogP contribution in [0, 0.1) is 17.5 Å². The first-order valence-electron chi connectivity index (χ1n) is 16.3. The molecule has 1 radical (unpaired) electrons. The van der Waals surface area contributed by atoms with Gasteiger partial charge in [0.25, 0.3) is 0 Å². The van der Waals surface area contributed by atoms with Gasteiger partial charge in [-0.1, -0.05) is 129 Å². The van der Waals surface area contributed by atoms with Crippen LogP contribution < -0.4 is 5.19 Å². The van der Waals surface area contributed by atoms with Gasteiger partial charge in [-0.2, -0.15) is 0 Å². The molecule has 7 rings (SSSR count). The van der Waals surface area contributed by atoms with E-state index in [1.54, 1.807) is 0 Å². The second-order valence-electron chi connectivity index (χ2n) is 14.4. The van der Waals surface area contributed by atoms with Crippen molar-refractivity contribution in [3.63, 3.8) is 0 Å². The van der Waals surface area contributed by atoms with Gasteiger partial charge in [0.15, 0.2) is 0 Å². The third-order valence-electron chi connectivity index (χ3n) is 8.19. The topological polar surface area (TPSA) is 38.9 Å². The second kappa shape index (κ2) is 14.9. The van der Waals surface area contributed by atoms with Crippen molar-refractivity contribution in [2.24, 2.45) is 5.41 Å². The third kappa shape index (κ3) is 8.65. The van der Waals surface area contributed by atoms with E-state index in [1.807, 2.05) is 36.7 Å². The molecule has 0 aliphatic heterocycles. The van der Waals surface area contributed by atoms with E-state index < -0.39 is 8.07 Å². The molecule has 3 heterocycles. The van der Waals surface area contributed by atoms with Crippen LogP contribution in [-0.2, 0) is 32.9 Å². The van der Waals surface area contributed by atoms with Crippen LogP contribution in [0.2, 0.25) is 19.6 Å². The molecule has 245 valence electrons. The molecule has 3 aromatic heterocycles. The number of hydrogen-bond acceptors (Lipinski definition) is 3. The van der Waals surface area contributed by atoms with Crippen molar-refractivity contribution in [3.8, 4) is 22.5 Å². The minimum Gasteiger partial charge on any atom is -0.501 e. The van der Waals surface area contributed by atoms with Gasteiger partial charge < -0.3 is 14.4 Å². The number of aromatic nitrogens is 2. The van der Waals surface area contributed by atoms with E-state index in [4.69, 9.17) is 4.42 Å². The molecule has 7 aromatic rings. The average molecular weight is 823 g/mol. The van der Waals surface area contributed by atoms with Crippen LogP contribution in [-0.4, -0.2) is 18.0 Å². The molecule has 0 fully saturated rings. The zero-order valence-electron chi connectivity index (χ0n) is 28.6. The normalized spacial score (nSPS) is 11.5. The van der Waals surface area contributed by atoms with Crippen LogP contribution in [0.3, 0.4) is 0 Å². The standard InChI is InChI=1S/C22H20NO.C21H22NSi.Ir/c1-22(2,3)14-15-11-12-23-19(13-15)18-9-6-8-17-16-7-4-5-10-20(16)24-21(17)18;1-23(2,3)20-13-14-21(22-16-20)19-11-9-18(10-12-19)15-17-7-5-4-6-8-17;/h4-8,10-13H,14H2,1-3H3;4-11,13-14,16H,15H2,1-3H3;/q2*-1;. The summed E-state index contributed by atoms with van der Waals surface area (Å²) in [6, 6.07) is 44.3. The minimum atomic E-state index is -1.28. The summed E-state index contributed by atoms with van der Waals surface area (Å²) in [6.07, 6.45) is 5.87. The Kier molecular flexibility index (Phi) is 10.9. The summed E-state index contributed by atoms with van der Waals surface area (Å²) < 4.78 is 6.11. The van der Waals surface area contributed by atoms with E-state index in [0.29, 0.717) is 0 Å². The molecule has 0 spiro atoms. The van der Waals surface area contributed by atoms with E-state index in [1.165, 1.54) is 21.9 Å². The maximum Gasteiger partial charge on any atom is 0.120 e. The maximum absolute atomic E-state index is 6.11. The van der Waals surface area contributed by atoms with Crippen LogP contribution in [0.1, 0.15) is 37.5 Å². The zero-order valence-corrected chi connectivity index (χ0v) is 32.0. The number of pyridine rings is 2. The first kappa shape index (κ1) is 35.2. The number of hydrogen-bond donors (Lipinski definition) is 0. The molecule has 48 heavy (non-hydrogen) atoms. The van der Waals surface area contributed by atoms with Crippen molar-refractivity contribution in [2.75, 3.05) is 0 Å². The van der Waals surface area contributed by atoms with Crippen LogP contribution in [0.15, 0.2) is 126 Å². The van der Waals surface area contributed by atoms with Gasteiger partial charge in [-0.25, -0.2) is 0 Å². The van der Waals surface area contributed by atoms with Gasteiger partial charge in [0, 0.05) is 37.9 Å². The van der Waals surface area contributed by atoms with Crippen molar-refractivity contribution in [3.05, 3.63) is 150 Å². The van der Waals surface area contributed by atoms with Gasteiger partial charge in [-0.15, -0.1) is 53.6 Å². The van der Waals surface area contributed by atoms with E-state index in [2.05, 4.69) is 147 Å². The molecule has 0 atom stereocenters. The second-order valence-corrected chi connectivity index (χ2v) is 19.5. The molecule has 0 unspecified atom stereocenters. The Morgan fingerprint density at radius 2 is 1.48 bits per heavy atom. The van der Waals surface area contributed by atoms with E-state index in [0.717, 1.165) is 57.3 Å². The van der Waals surface area contributed by atoms with Crippen LogP contribution in [0.5, 0.6) is 0 Å². The number of rotatable bonds is 6. The summed E-state index contributed by atoms with van der Waals surface area (Å²) in [5.74, 6) is 0. The van der Waals surface area contributed by atoms with Crippen LogP contribution >= 0.6 is 0 Å². The molecule has 0 N–H and O–H groups in total. The number of para-hydroxylation sites is 1. The van der Waals surface area contributed by atoms with Crippen molar-refractivity contribution < 1.29 is 24.5 Å². The Balaban J connectivity index is 0.000000184. The number of fused-ring (bicyclic) bond motifs is 3. The molecule has 0 amide bonds. The molecule has 5 heteroatoms. The quantitative estimate of drug-likeness (QED) is 0.124. The molecular weight excluding hydrogens is 781 g/mol. The predicted octanol–water partition coefficient (Wildman–Crippen LogP) is 10.7. The van der Waals surface area contributed by atoms with Gasteiger partial charge in [-0.3, -0.25) is 0 Å². The Bertz CT molecular complexity index is 2090. The summed E-state index contributed by atoms with van der Waals surface area (Å²) >= 11 is 0. The Labute approximate surface area is 299 Å². The molecule has 4 aromatic carbocycles. The van der Waals surface area contributed by atoms with Crippen molar-refractivity contribution in [1.82, 2.24) is 9.97 Å². The fourth-order valence-electron chi connectivity index (χ4n) is 5.77. The molecule has 0 aliphatic rings. The van der Waals surface area contributed by atoms with Gasteiger partial charge in [0.2, 0.25) is 0 Å². The van der Waals surface area contributed by atoms with E-state index >= 15 is 0 Å². The molecule has 0 saturated heterocycles. The van der Waals surface area contributed by atoms with Gasteiger partial charge in [0.1, 0.15) is 5.58 Å². The van der Waals surface area contributed by atoms with Gasteiger partial charge >= 0.3 is 0 Å². The van der Waals surface area contributed by atoms with Crippen molar-refractivity contribution in [1.29, 1.82) is 0 Å². The fourth-order valence-corrected chi connectivity index (χ4v) is 6.80. The fraction of sp³-hybridized carbons (Fsp3) is 0.209. The number of benzene rings is 4. The van der Waals surface area contributed by atoms with Gasteiger partial charge in [0.05, 0.1) is 13.7 Å². The maximum atomic E-state index is 6.11. The van der Waals surface area contributed by atoms with E-state index in [9.17, 15) is 0 Å². The Morgan fingerprint density at radius 1 is 0.708 bits per heavy atom. The smallest absolute Gasteiger partial charge is 0.120 e.